The van der Waals surface area contributed by atoms with Crippen LogP contribution in [0.5, 0.6) is 0 Å². The predicted molar refractivity (Wildman–Crippen MR) is 88.4 cm³/mol. The highest BCUT2D eigenvalue weighted by Gasteiger charge is 1.94. The van der Waals surface area contributed by atoms with Crippen molar-refractivity contribution in [1.82, 2.24) is 0 Å². The molecule has 0 unspecified atom stereocenters. The maximum atomic E-state index is 4.27. The smallest absolute Gasteiger partial charge is 0.0151 e. The van der Waals surface area contributed by atoms with Crippen molar-refractivity contribution in [3.8, 4) is 0 Å². The third kappa shape index (κ3) is 3.35. The van der Waals surface area contributed by atoms with Crippen LogP contribution in [0.2, 0.25) is 0 Å². The maximum absolute atomic E-state index is 4.27. The summed E-state index contributed by atoms with van der Waals surface area (Å²) < 4.78 is 0. The Morgan fingerprint density at radius 3 is 1.84 bits per heavy atom. The van der Waals surface area contributed by atoms with Crippen LogP contribution in [0.15, 0.2) is 36.4 Å². The second-order valence-electron chi connectivity index (χ2n) is 4.71. The first-order chi connectivity index (χ1) is 9.06. The van der Waals surface area contributed by atoms with Gasteiger partial charge in [0.25, 0.3) is 0 Å². The summed E-state index contributed by atoms with van der Waals surface area (Å²) in [6.45, 7) is 14.7. The SMILES string of the molecule is C=c1/c(=C(C)\C=C/C)ccc(=C(C)/C=C\C)/c1=C\C. The minimum absolute atomic E-state index is 1.11. The van der Waals surface area contributed by atoms with E-state index < -0.39 is 0 Å². The number of hydrogen-bond donors (Lipinski definition) is 0. The summed E-state index contributed by atoms with van der Waals surface area (Å²) in [5, 5.41) is 4.84. The lowest BCUT2D eigenvalue weighted by molar-refractivity contribution is 1.36. The molecule has 0 aliphatic carbocycles. The van der Waals surface area contributed by atoms with Crippen LogP contribution in [0, 0.1) is 0 Å². The molecular weight excluding hydrogens is 228 g/mol. The van der Waals surface area contributed by atoms with Gasteiger partial charge in [-0.15, -0.1) is 0 Å². The lowest BCUT2D eigenvalue weighted by Crippen LogP contribution is -2.48. The van der Waals surface area contributed by atoms with E-state index in [0.29, 0.717) is 0 Å². The molecule has 1 aromatic rings. The van der Waals surface area contributed by atoms with Gasteiger partial charge in [-0.3, -0.25) is 0 Å². The highest BCUT2D eigenvalue weighted by atomic mass is 14.0. The molecule has 19 heavy (non-hydrogen) atoms. The largest absolute Gasteiger partial charge is 0.0905 e. The molecule has 0 saturated carbocycles. The summed E-state index contributed by atoms with van der Waals surface area (Å²) >= 11 is 0. The van der Waals surface area contributed by atoms with Crippen LogP contribution in [0.3, 0.4) is 0 Å². The molecule has 0 aliphatic rings. The molecule has 0 amide bonds. The Hall–Kier alpha value is -1.82. The van der Waals surface area contributed by atoms with Gasteiger partial charge in [0.15, 0.2) is 0 Å². The molecule has 0 bridgehead atoms. The number of benzene rings is 1. The molecular formula is C19H24. The third-order valence-electron chi connectivity index (χ3n) is 3.33. The Kier molecular flexibility index (Phi) is 5.57. The van der Waals surface area contributed by atoms with E-state index in [2.05, 4.69) is 69.9 Å². The summed E-state index contributed by atoms with van der Waals surface area (Å²) in [7, 11) is 0. The monoisotopic (exact) mass is 252 g/mol. The highest BCUT2D eigenvalue weighted by molar-refractivity contribution is 5.57. The molecule has 0 heterocycles. The second-order valence-corrected chi connectivity index (χ2v) is 4.71. The molecule has 1 aromatic carbocycles. The van der Waals surface area contributed by atoms with E-state index in [4.69, 9.17) is 0 Å². The van der Waals surface area contributed by atoms with Crippen LogP contribution >= 0.6 is 0 Å². The average molecular weight is 252 g/mol. The van der Waals surface area contributed by atoms with Gasteiger partial charge in [-0.2, -0.15) is 0 Å². The van der Waals surface area contributed by atoms with E-state index in [-0.39, 0.29) is 0 Å². The van der Waals surface area contributed by atoms with E-state index in [1.165, 1.54) is 26.8 Å². The average Bonchev–Trinajstić information content (AvgIpc) is 2.38. The lowest BCUT2D eigenvalue weighted by atomic mass is 10.0. The molecule has 0 N–H and O–H groups in total. The fourth-order valence-corrected chi connectivity index (χ4v) is 2.39. The minimum atomic E-state index is 1.11. The highest BCUT2D eigenvalue weighted by Crippen LogP contribution is 1.92. The molecule has 0 radical (unpaired) electrons. The summed E-state index contributed by atoms with van der Waals surface area (Å²) in [5.41, 5.74) is 2.53. The van der Waals surface area contributed by atoms with Gasteiger partial charge in [0.2, 0.25) is 0 Å². The Labute approximate surface area is 116 Å². The maximum Gasteiger partial charge on any atom is -0.0151 e. The predicted octanol–water partition coefficient (Wildman–Crippen LogP) is 2.39. The zero-order valence-electron chi connectivity index (χ0n) is 12.7. The van der Waals surface area contributed by atoms with E-state index >= 15 is 0 Å². The fourth-order valence-electron chi connectivity index (χ4n) is 2.39. The van der Waals surface area contributed by atoms with Gasteiger partial charge in [0, 0.05) is 0 Å². The summed E-state index contributed by atoms with van der Waals surface area (Å²) in [5.74, 6) is 0. The first-order valence-electron chi connectivity index (χ1n) is 6.78. The standard InChI is InChI=1S/C19H24/c1-7-10-14(4)18-12-13-19(15(5)11-8-2)17(9-3)16(18)6/h7-13H,6H2,1-5H3/b10-7-,11-8-,17-9-,18-14-,19-15-. The van der Waals surface area contributed by atoms with Crippen molar-refractivity contribution in [3.63, 3.8) is 0 Å². The molecule has 0 nitrogen and oxygen atoms in total. The van der Waals surface area contributed by atoms with Gasteiger partial charge in [0.05, 0.1) is 0 Å². The van der Waals surface area contributed by atoms with Crippen LogP contribution in [0.1, 0.15) is 34.6 Å². The summed E-state index contributed by atoms with van der Waals surface area (Å²) in [4.78, 5) is 0. The van der Waals surface area contributed by atoms with Gasteiger partial charge in [-0.05, 0) is 66.6 Å². The minimum Gasteiger partial charge on any atom is -0.0905 e. The Balaban J connectivity index is 3.95. The molecule has 0 heteroatoms. The van der Waals surface area contributed by atoms with E-state index in [1.807, 2.05) is 13.8 Å². The van der Waals surface area contributed by atoms with Crippen molar-refractivity contribution in [2.45, 2.75) is 34.6 Å². The molecule has 0 aliphatic heterocycles. The molecule has 0 fully saturated rings. The first-order valence-corrected chi connectivity index (χ1v) is 6.78. The first kappa shape index (κ1) is 15.2. The van der Waals surface area contributed by atoms with Crippen molar-refractivity contribution in [2.24, 2.45) is 0 Å². The zero-order chi connectivity index (χ0) is 14.4. The van der Waals surface area contributed by atoms with Gasteiger partial charge in [0.1, 0.15) is 0 Å². The quantitative estimate of drug-likeness (QED) is 0.758. The van der Waals surface area contributed by atoms with Crippen molar-refractivity contribution >= 4 is 23.8 Å². The molecule has 0 saturated heterocycles. The Bertz CT molecular complexity index is 725. The summed E-state index contributed by atoms with van der Waals surface area (Å²) in [6, 6.07) is 4.37. The van der Waals surface area contributed by atoms with Crippen LogP contribution in [-0.2, 0) is 0 Å². The molecule has 0 aromatic heterocycles. The Morgan fingerprint density at radius 1 is 0.895 bits per heavy atom. The molecule has 0 spiro atoms. The number of rotatable bonds is 2. The Morgan fingerprint density at radius 2 is 1.37 bits per heavy atom. The van der Waals surface area contributed by atoms with Crippen LogP contribution < -0.4 is 20.9 Å². The van der Waals surface area contributed by atoms with Crippen molar-refractivity contribution < 1.29 is 0 Å². The van der Waals surface area contributed by atoms with Crippen molar-refractivity contribution in [3.05, 3.63) is 57.3 Å². The topological polar surface area (TPSA) is 0 Å². The molecule has 0 atom stereocenters. The zero-order valence-corrected chi connectivity index (χ0v) is 12.7. The third-order valence-corrected chi connectivity index (χ3v) is 3.33. The van der Waals surface area contributed by atoms with Gasteiger partial charge < -0.3 is 0 Å². The number of hydrogen-bond acceptors (Lipinski definition) is 0. The lowest BCUT2D eigenvalue weighted by Gasteiger charge is -2.00. The van der Waals surface area contributed by atoms with E-state index in [1.54, 1.807) is 0 Å². The van der Waals surface area contributed by atoms with Crippen LogP contribution in [0.25, 0.3) is 23.8 Å². The van der Waals surface area contributed by atoms with Crippen molar-refractivity contribution in [1.29, 1.82) is 0 Å². The molecule has 100 valence electrons. The fraction of sp³-hybridized carbons (Fsp3) is 0.263. The van der Waals surface area contributed by atoms with Crippen molar-refractivity contribution in [2.75, 3.05) is 0 Å². The van der Waals surface area contributed by atoms with Gasteiger partial charge >= 0.3 is 0 Å². The van der Waals surface area contributed by atoms with Gasteiger partial charge in [-0.1, -0.05) is 49.1 Å². The summed E-state index contributed by atoms with van der Waals surface area (Å²) in [6.07, 6.45) is 10.6. The molecule has 1 rings (SSSR count). The van der Waals surface area contributed by atoms with E-state index in [0.717, 1.165) is 5.22 Å². The number of allylic oxidation sites excluding steroid dienone is 4. The van der Waals surface area contributed by atoms with E-state index in [9.17, 15) is 0 Å². The van der Waals surface area contributed by atoms with Gasteiger partial charge in [-0.25, -0.2) is 0 Å². The normalized spacial score (nSPS) is 16.4. The van der Waals surface area contributed by atoms with Crippen LogP contribution in [-0.4, -0.2) is 0 Å². The second kappa shape index (κ2) is 6.94. The van der Waals surface area contributed by atoms with Crippen LogP contribution in [0.4, 0.5) is 0 Å².